The van der Waals surface area contributed by atoms with E-state index in [1.54, 1.807) is 21.0 Å². The summed E-state index contributed by atoms with van der Waals surface area (Å²) >= 11 is 0. The van der Waals surface area contributed by atoms with E-state index in [9.17, 15) is 5.11 Å². The largest absolute Gasteiger partial charge is 0.494 e. The van der Waals surface area contributed by atoms with Gasteiger partial charge in [0, 0.05) is 11.3 Å². The van der Waals surface area contributed by atoms with Crippen LogP contribution in [0.2, 0.25) is 0 Å². The first-order valence-corrected chi connectivity index (χ1v) is 10.0. The van der Waals surface area contributed by atoms with Crippen LogP contribution in [-0.2, 0) is 5.60 Å². The molecule has 0 unspecified atom stereocenters. The first-order valence-electron chi connectivity index (χ1n) is 10.0. The van der Waals surface area contributed by atoms with Crippen LogP contribution < -0.4 is 16.0 Å². The minimum atomic E-state index is -0.861. The van der Waals surface area contributed by atoms with Crippen molar-refractivity contribution in [3.05, 3.63) is 59.1 Å². The number of nitrogens with one attached hydrogen (secondary N) is 2. The minimum absolute atomic E-state index is 0.0873. The number of nitrogen functional groups attached to an aromatic ring is 1. The molecule has 156 valence electrons. The molecule has 1 fully saturated rings. The van der Waals surface area contributed by atoms with E-state index < -0.39 is 5.60 Å². The third kappa shape index (κ3) is 3.80. The lowest BCUT2D eigenvalue weighted by molar-refractivity contribution is 0.0784. The van der Waals surface area contributed by atoms with E-state index in [0.29, 0.717) is 28.5 Å². The number of H-pyrrole nitrogens is 1. The minimum Gasteiger partial charge on any atom is -0.494 e. The number of para-hydroxylation sites is 1. The zero-order chi connectivity index (χ0) is 21.5. The molecule has 2 aromatic carbocycles. The smallest absolute Gasteiger partial charge is 0.199 e. The average Bonchev–Trinajstić information content (AvgIpc) is 2.66. The van der Waals surface area contributed by atoms with Crippen LogP contribution in [-0.4, -0.2) is 28.0 Å². The van der Waals surface area contributed by atoms with Crippen LogP contribution in [0.3, 0.4) is 0 Å². The maximum Gasteiger partial charge on any atom is 0.199 e. The van der Waals surface area contributed by atoms with Crippen LogP contribution in [0.25, 0.3) is 10.9 Å². The fourth-order valence-corrected chi connectivity index (χ4v) is 3.92. The van der Waals surface area contributed by atoms with Crippen molar-refractivity contribution in [3.63, 3.8) is 0 Å². The summed E-state index contributed by atoms with van der Waals surface area (Å²) in [5, 5.41) is 19.5. The molecule has 0 radical (unpaired) electrons. The molecule has 1 aliphatic carbocycles. The SMILES string of the molecule is COc1cccc2/c(=N/C(=N)[C@H]3C[C@H](c4cccc(C(C)(C)O)c4)C3)[nH]c(N)nc12. The van der Waals surface area contributed by atoms with Gasteiger partial charge in [-0.1, -0.05) is 30.3 Å². The number of nitrogens with zero attached hydrogens (tertiary/aromatic N) is 2. The van der Waals surface area contributed by atoms with E-state index in [0.717, 1.165) is 23.8 Å². The van der Waals surface area contributed by atoms with Crippen LogP contribution in [0.4, 0.5) is 5.95 Å². The van der Waals surface area contributed by atoms with E-state index in [1.165, 1.54) is 5.56 Å². The number of ether oxygens (including phenoxy) is 1. The van der Waals surface area contributed by atoms with Crippen LogP contribution in [0, 0.1) is 11.3 Å². The van der Waals surface area contributed by atoms with Crippen LogP contribution in [0.5, 0.6) is 5.75 Å². The quantitative estimate of drug-likeness (QED) is 0.392. The maximum absolute atomic E-state index is 10.3. The van der Waals surface area contributed by atoms with Crippen molar-refractivity contribution in [2.75, 3.05) is 12.8 Å². The highest BCUT2D eigenvalue weighted by Crippen LogP contribution is 2.43. The number of rotatable bonds is 4. The molecule has 7 heteroatoms. The van der Waals surface area contributed by atoms with Gasteiger partial charge in [0.15, 0.2) is 5.95 Å². The Morgan fingerprint density at radius 1 is 1.27 bits per heavy atom. The summed E-state index contributed by atoms with van der Waals surface area (Å²) in [5.41, 5.74) is 8.32. The van der Waals surface area contributed by atoms with E-state index >= 15 is 0 Å². The van der Waals surface area contributed by atoms with Gasteiger partial charge in [0.05, 0.1) is 12.7 Å². The molecular formula is C23H27N5O2. The molecule has 1 aliphatic rings. The molecule has 7 nitrogen and oxygen atoms in total. The second-order valence-corrected chi connectivity index (χ2v) is 8.37. The first kappa shape index (κ1) is 20.1. The normalized spacial score (nSPS) is 19.5. The van der Waals surface area contributed by atoms with Gasteiger partial charge in [0.25, 0.3) is 0 Å². The number of anilines is 1. The Labute approximate surface area is 175 Å². The van der Waals surface area contributed by atoms with Gasteiger partial charge < -0.3 is 20.6 Å². The molecule has 0 spiro atoms. The maximum atomic E-state index is 10.3. The van der Waals surface area contributed by atoms with Crippen LogP contribution in [0.1, 0.15) is 43.7 Å². The second kappa shape index (κ2) is 7.57. The number of amidine groups is 1. The van der Waals surface area contributed by atoms with E-state index in [-0.39, 0.29) is 11.9 Å². The number of hydrogen-bond acceptors (Lipinski definition) is 5. The molecule has 3 aromatic rings. The van der Waals surface area contributed by atoms with Gasteiger partial charge in [0.1, 0.15) is 22.6 Å². The monoisotopic (exact) mass is 405 g/mol. The van der Waals surface area contributed by atoms with Crippen molar-refractivity contribution in [3.8, 4) is 5.75 Å². The third-order valence-electron chi connectivity index (χ3n) is 5.77. The number of aromatic nitrogens is 2. The van der Waals surface area contributed by atoms with E-state index in [4.69, 9.17) is 15.9 Å². The molecule has 0 aliphatic heterocycles. The summed E-state index contributed by atoms with van der Waals surface area (Å²) in [5.74, 6) is 1.64. The molecular weight excluding hydrogens is 378 g/mol. The zero-order valence-corrected chi connectivity index (χ0v) is 17.4. The standard InChI is InChI=1S/C23H27N5O2/c1-23(2,29)16-7-4-6-13(12-16)14-10-15(11-14)20(24)27-21-17-8-5-9-18(30-3)19(17)26-22(25)28-21/h4-9,12,14-15,29H,10-11H2,1-3H3,(H4,24,25,26,27,28)/t14-,15-. The number of hydrogen-bond donors (Lipinski definition) is 4. The van der Waals surface area contributed by atoms with Gasteiger partial charge in [-0.15, -0.1) is 0 Å². The Hall–Kier alpha value is -3.19. The van der Waals surface area contributed by atoms with Crippen molar-refractivity contribution >= 4 is 22.7 Å². The predicted octanol–water partition coefficient (Wildman–Crippen LogP) is 3.45. The van der Waals surface area contributed by atoms with Crippen molar-refractivity contribution in [1.82, 2.24) is 9.97 Å². The Bertz CT molecular complexity index is 1170. The van der Waals surface area contributed by atoms with Crippen molar-refractivity contribution in [1.29, 1.82) is 5.41 Å². The number of nitrogens with two attached hydrogens (primary N) is 1. The average molecular weight is 406 g/mol. The fraction of sp³-hybridized carbons (Fsp3) is 0.348. The number of fused-ring (bicyclic) bond motifs is 1. The van der Waals surface area contributed by atoms with Crippen molar-refractivity contribution in [2.45, 2.75) is 38.2 Å². The number of aliphatic hydroxyl groups is 1. The van der Waals surface area contributed by atoms with Gasteiger partial charge in [-0.05, 0) is 55.9 Å². The first-order chi connectivity index (χ1) is 14.3. The number of methoxy groups -OCH3 is 1. The highest BCUT2D eigenvalue weighted by atomic mass is 16.5. The van der Waals surface area contributed by atoms with Crippen LogP contribution in [0.15, 0.2) is 47.5 Å². The molecule has 1 saturated carbocycles. The Kier molecular flexibility index (Phi) is 5.07. The second-order valence-electron chi connectivity index (χ2n) is 8.37. The Morgan fingerprint density at radius 3 is 2.70 bits per heavy atom. The molecule has 0 atom stereocenters. The highest BCUT2D eigenvalue weighted by molar-refractivity contribution is 5.87. The summed E-state index contributed by atoms with van der Waals surface area (Å²) in [6, 6.07) is 13.7. The molecule has 4 rings (SSSR count). The lowest BCUT2D eigenvalue weighted by Gasteiger charge is -2.35. The molecule has 30 heavy (non-hydrogen) atoms. The summed E-state index contributed by atoms with van der Waals surface area (Å²) in [6.07, 6.45) is 1.72. The molecule has 0 amide bonds. The lowest BCUT2D eigenvalue weighted by atomic mass is 9.70. The number of aromatic amines is 1. The summed E-state index contributed by atoms with van der Waals surface area (Å²) in [4.78, 5) is 11.8. The van der Waals surface area contributed by atoms with Gasteiger partial charge >= 0.3 is 0 Å². The van der Waals surface area contributed by atoms with Crippen LogP contribution >= 0.6 is 0 Å². The van der Waals surface area contributed by atoms with Crippen molar-refractivity contribution in [2.24, 2.45) is 10.9 Å². The van der Waals surface area contributed by atoms with Crippen molar-refractivity contribution < 1.29 is 9.84 Å². The summed E-state index contributed by atoms with van der Waals surface area (Å²) < 4.78 is 5.37. The Balaban J connectivity index is 1.56. The third-order valence-corrected chi connectivity index (χ3v) is 5.77. The molecule has 1 heterocycles. The van der Waals surface area contributed by atoms with E-state index in [2.05, 4.69) is 27.1 Å². The predicted molar refractivity (Wildman–Crippen MR) is 117 cm³/mol. The molecule has 0 saturated heterocycles. The molecule has 5 N–H and O–H groups in total. The van der Waals surface area contributed by atoms with Gasteiger partial charge in [-0.3, -0.25) is 5.41 Å². The zero-order valence-electron chi connectivity index (χ0n) is 17.4. The lowest BCUT2D eigenvalue weighted by Crippen LogP contribution is -2.30. The fourth-order valence-electron chi connectivity index (χ4n) is 3.92. The van der Waals surface area contributed by atoms with Gasteiger partial charge in [0.2, 0.25) is 0 Å². The number of benzene rings is 2. The topological polar surface area (TPSA) is 120 Å². The molecule has 0 bridgehead atoms. The highest BCUT2D eigenvalue weighted by Gasteiger charge is 2.34. The van der Waals surface area contributed by atoms with Gasteiger partial charge in [-0.2, -0.15) is 0 Å². The Morgan fingerprint density at radius 2 is 2.00 bits per heavy atom. The molecule has 1 aromatic heterocycles. The van der Waals surface area contributed by atoms with E-state index in [1.807, 2.05) is 30.3 Å². The summed E-state index contributed by atoms with van der Waals surface area (Å²) in [6.45, 7) is 3.58. The summed E-state index contributed by atoms with van der Waals surface area (Å²) in [7, 11) is 1.59. The van der Waals surface area contributed by atoms with Gasteiger partial charge in [-0.25, -0.2) is 9.98 Å².